The Kier molecular flexibility index (Phi) is 7.49. The lowest BCUT2D eigenvalue weighted by atomic mass is 10.0. The molecular formula is C23H33N5O2. The van der Waals surface area contributed by atoms with Crippen molar-refractivity contribution in [1.29, 1.82) is 0 Å². The molecule has 1 saturated heterocycles. The molecule has 1 aliphatic heterocycles. The van der Waals surface area contributed by atoms with E-state index in [9.17, 15) is 4.79 Å². The molecule has 0 saturated carbocycles. The van der Waals surface area contributed by atoms with E-state index in [1.54, 1.807) is 7.11 Å². The summed E-state index contributed by atoms with van der Waals surface area (Å²) < 4.78 is 5.27. The number of methoxy groups -OCH3 is 1. The third-order valence-corrected chi connectivity index (χ3v) is 5.52. The highest BCUT2D eigenvalue weighted by Gasteiger charge is 2.24. The molecular weight excluding hydrogens is 378 g/mol. The number of piperazine rings is 1. The van der Waals surface area contributed by atoms with Crippen molar-refractivity contribution in [3.8, 4) is 5.75 Å². The predicted octanol–water partition coefficient (Wildman–Crippen LogP) is 3.32. The van der Waals surface area contributed by atoms with Crippen molar-refractivity contribution in [3.05, 3.63) is 46.9 Å². The quantitative estimate of drug-likeness (QED) is 0.708. The van der Waals surface area contributed by atoms with Gasteiger partial charge in [-0.2, -0.15) is 0 Å². The maximum Gasteiger partial charge on any atom is 0.317 e. The lowest BCUT2D eigenvalue weighted by Crippen LogP contribution is -2.52. The van der Waals surface area contributed by atoms with Crippen molar-refractivity contribution in [1.82, 2.24) is 20.2 Å². The highest BCUT2D eigenvalue weighted by atomic mass is 16.5. The summed E-state index contributed by atoms with van der Waals surface area (Å²) in [5.74, 6) is 2.62. The van der Waals surface area contributed by atoms with E-state index in [0.717, 1.165) is 67.5 Å². The minimum absolute atomic E-state index is 0.0385. The van der Waals surface area contributed by atoms with Crippen LogP contribution in [0.4, 0.5) is 10.6 Å². The van der Waals surface area contributed by atoms with Crippen molar-refractivity contribution in [2.75, 3.05) is 44.7 Å². The number of carbonyl (C=O) groups is 1. The van der Waals surface area contributed by atoms with Gasteiger partial charge in [0, 0.05) is 50.4 Å². The summed E-state index contributed by atoms with van der Waals surface area (Å²) in [6, 6.07) is 8.17. The van der Waals surface area contributed by atoms with Gasteiger partial charge in [-0.1, -0.05) is 25.5 Å². The van der Waals surface area contributed by atoms with Gasteiger partial charge < -0.3 is 19.9 Å². The van der Waals surface area contributed by atoms with E-state index in [-0.39, 0.29) is 6.03 Å². The highest BCUT2D eigenvalue weighted by molar-refractivity contribution is 5.74. The van der Waals surface area contributed by atoms with Gasteiger partial charge in [-0.15, -0.1) is 0 Å². The number of carbonyl (C=O) groups excluding carboxylic acids is 1. The number of hydrogen-bond acceptors (Lipinski definition) is 5. The molecule has 1 fully saturated rings. The summed E-state index contributed by atoms with van der Waals surface area (Å²) in [5.41, 5.74) is 3.35. The third-order valence-electron chi connectivity index (χ3n) is 5.52. The van der Waals surface area contributed by atoms with Gasteiger partial charge in [0.25, 0.3) is 0 Å². The molecule has 1 aromatic carbocycles. The van der Waals surface area contributed by atoms with Crippen molar-refractivity contribution in [2.45, 2.75) is 40.0 Å². The maximum atomic E-state index is 12.3. The number of amides is 2. The van der Waals surface area contributed by atoms with Crippen LogP contribution in [0.25, 0.3) is 0 Å². The molecule has 0 bridgehead atoms. The summed E-state index contributed by atoms with van der Waals surface area (Å²) in [6.45, 7) is 9.79. The Morgan fingerprint density at radius 2 is 1.80 bits per heavy atom. The highest BCUT2D eigenvalue weighted by Crippen LogP contribution is 2.26. The van der Waals surface area contributed by atoms with Gasteiger partial charge in [0.2, 0.25) is 0 Å². The van der Waals surface area contributed by atoms with Crippen LogP contribution in [-0.4, -0.2) is 60.7 Å². The molecule has 3 rings (SSSR count). The Morgan fingerprint density at radius 1 is 1.10 bits per heavy atom. The largest absolute Gasteiger partial charge is 0.497 e. The molecule has 0 aliphatic carbocycles. The van der Waals surface area contributed by atoms with Gasteiger partial charge in [-0.3, -0.25) is 0 Å². The first kappa shape index (κ1) is 21.9. The molecule has 7 nitrogen and oxygen atoms in total. The molecule has 2 amide bonds. The molecule has 30 heavy (non-hydrogen) atoms. The molecule has 0 radical (unpaired) electrons. The molecule has 0 unspecified atom stereocenters. The molecule has 162 valence electrons. The van der Waals surface area contributed by atoms with E-state index in [4.69, 9.17) is 9.72 Å². The van der Waals surface area contributed by atoms with Crippen LogP contribution in [0.5, 0.6) is 5.75 Å². The van der Waals surface area contributed by atoms with Crippen LogP contribution in [0.1, 0.15) is 42.4 Å². The maximum absolute atomic E-state index is 12.3. The van der Waals surface area contributed by atoms with E-state index >= 15 is 0 Å². The number of aryl methyl sites for hydroxylation is 2. The number of ether oxygens (including phenoxy) is 1. The summed E-state index contributed by atoms with van der Waals surface area (Å²) in [5, 5.41) is 3.01. The van der Waals surface area contributed by atoms with E-state index < -0.39 is 0 Å². The fourth-order valence-corrected chi connectivity index (χ4v) is 3.74. The number of rotatable bonds is 7. The third kappa shape index (κ3) is 5.40. The van der Waals surface area contributed by atoms with Gasteiger partial charge in [0.15, 0.2) is 0 Å². The first-order valence-electron chi connectivity index (χ1n) is 10.8. The predicted molar refractivity (Wildman–Crippen MR) is 119 cm³/mol. The summed E-state index contributed by atoms with van der Waals surface area (Å²) >= 11 is 0. The zero-order valence-electron chi connectivity index (χ0n) is 18.6. The van der Waals surface area contributed by atoms with Gasteiger partial charge in [0.1, 0.15) is 17.4 Å². The molecule has 7 heteroatoms. The Labute approximate surface area is 179 Å². The second kappa shape index (κ2) is 10.3. The number of benzene rings is 1. The van der Waals surface area contributed by atoms with Crippen LogP contribution in [0, 0.1) is 13.8 Å². The van der Waals surface area contributed by atoms with Gasteiger partial charge >= 0.3 is 6.03 Å². The molecule has 1 N–H and O–H groups in total. The number of unbranched alkanes of at least 4 members (excludes halogenated alkanes) is 1. The average Bonchev–Trinajstić information content (AvgIpc) is 2.76. The van der Waals surface area contributed by atoms with Gasteiger partial charge in [-0.25, -0.2) is 14.8 Å². The van der Waals surface area contributed by atoms with Crippen molar-refractivity contribution < 1.29 is 9.53 Å². The molecule has 1 aromatic heterocycles. The number of aromatic nitrogens is 2. The smallest absolute Gasteiger partial charge is 0.317 e. The number of hydrogen-bond donors (Lipinski definition) is 1. The van der Waals surface area contributed by atoms with Crippen LogP contribution in [-0.2, 0) is 6.42 Å². The fraction of sp³-hybridized carbons (Fsp3) is 0.522. The van der Waals surface area contributed by atoms with Crippen LogP contribution in [0.2, 0.25) is 0 Å². The second-order valence-electron chi connectivity index (χ2n) is 7.74. The topological polar surface area (TPSA) is 70.6 Å². The minimum atomic E-state index is 0.0385. The molecule has 0 spiro atoms. The Morgan fingerprint density at radius 3 is 2.43 bits per heavy atom. The molecule has 2 aromatic rings. The van der Waals surface area contributed by atoms with E-state index in [1.807, 2.05) is 24.0 Å². The van der Waals surface area contributed by atoms with Crippen molar-refractivity contribution >= 4 is 11.8 Å². The molecule has 1 aliphatic rings. The minimum Gasteiger partial charge on any atom is -0.497 e. The van der Waals surface area contributed by atoms with Crippen LogP contribution in [0.15, 0.2) is 24.3 Å². The Balaban J connectivity index is 1.72. The van der Waals surface area contributed by atoms with Crippen LogP contribution in [0.3, 0.4) is 0 Å². The molecule has 0 atom stereocenters. The van der Waals surface area contributed by atoms with Crippen molar-refractivity contribution in [3.63, 3.8) is 0 Å². The standard InChI is InChI=1S/C23H33N5O2/c1-5-6-11-24-23(29)28-14-12-27(13-15-28)22-21(17(2)25-18(3)26-22)16-19-7-9-20(30-4)10-8-19/h7-10H,5-6,11-16H2,1-4H3,(H,24,29). The summed E-state index contributed by atoms with van der Waals surface area (Å²) in [7, 11) is 1.68. The van der Waals surface area contributed by atoms with E-state index in [1.165, 1.54) is 5.56 Å². The van der Waals surface area contributed by atoms with Crippen LogP contribution >= 0.6 is 0 Å². The van der Waals surface area contributed by atoms with E-state index in [0.29, 0.717) is 13.1 Å². The Bertz CT molecular complexity index is 845. The zero-order valence-corrected chi connectivity index (χ0v) is 18.6. The molecule has 2 heterocycles. The monoisotopic (exact) mass is 411 g/mol. The summed E-state index contributed by atoms with van der Waals surface area (Å²) in [6.07, 6.45) is 2.86. The number of urea groups is 1. The lowest BCUT2D eigenvalue weighted by Gasteiger charge is -2.36. The average molecular weight is 412 g/mol. The van der Waals surface area contributed by atoms with Gasteiger partial charge in [0.05, 0.1) is 7.11 Å². The summed E-state index contributed by atoms with van der Waals surface area (Å²) in [4.78, 5) is 25.9. The lowest BCUT2D eigenvalue weighted by molar-refractivity contribution is 0.194. The second-order valence-corrected chi connectivity index (χ2v) is 7.74. The first-order chi connectivity index (χ1) is 14.5. The first-order valence-corrected chi connectivity index (χ1v) is 10.8. The van der Waals surface area contributed by atoms with Gasteiger partial charge in [-0.05, 0) is 38.0 Å². The van der Waals surface area contributed by atoms with Crippen LogP contribution < -0.4 is 15.0 Å². The fourth-order valence-electron chi connectivity index (χ4n) is 3.74. The SMILES string of the molecule is CCCCNC(=O)N1CCN(c2nc(C)nc(C)c2Cc2ccc(OC)cc2)CC1. The van der Waals surface area contributed by atoms with Crippen molar-refractivity contribution in [2.24, 2.45) is 0 Å². The normalized spacial score (nSPS) is 14.0. The number of anilines is 1. The van der Waals surface area contributed by atoms with E-state index in [2.05, 4.69) is 41.2 Å². The number of nitrogens with one attached hydrogen (secondary N) is 1. The number of nitrogens with zero attached hydrogens (tertiary/aromatic N) is 4. The Hall–Kier alpha value is -2.83. The zero-order chi connectivity index (χ0) is 21.5.